The highest BCUT2D eigenvalue weighted by Crippen LogP contribution is 2.16. The molecule has 3 rings (SSSR count). The summed E-state index contributed by atoms with van der Waals surface area (Å²) in [5.41, 5.74) is 0.996. The number of aryl methyl sites for hydroxylation is 1. The fraction of sp³-hybridized carbons (Fsp3) is 0.400. The van der Waals surface area contributed by atoms with Gasteiger partial charge >= 0.3 is 0 Å². The molecule has 1 aliphatic heterocycles. The molecule has 0 radical (unpaired) electrons. The Bertz CT molecular complexity index is 811. The third kappa shape index (κ3) is 3.46. The number of hydrogen-bond acceptors (Lipinski definition) is 5. The summed E-state index contributed by atoms with van der Waals surface area (Å²) in [5, 5.41) is 4.10. The van der Waals surface area contributed by atoms with E-state index < -0.39 is 10.0 Å². The van der Waals surface area contributed by atoms with Gasteiger partial charge in [0.2, 0.25) is 15.9 Å². The number of sulfonamides is 1. The van der Waals surface area contributed by atoms with Crippen molar-refractivity contribution in [2.24, 2.45) is 0 Å². The first-order valence-corrected chi connectivity index (χ1v) is 9.08. The highest BCUT2D eigenvalue weighted by atomic mass is 32.2. The van der Waals surface area contributed by atoms with Gasteiger partial charge in [0.25, 0.3) is 0 Å². The third-order valence-corrected chi connectivity index (χ3v) is 5.81. The van der Waals surface area contributed by atoms with E-state index in [0.29, 0.717) is 13.1 Å². The SMILES string of the molecule is Cc1cnn(CC(=O)N2CCN(S(=O)(=O)c3cccnc3)CC2)c1. The summed E-state index contributed by atoms with van der Waals surface area (Å²) in [6.07, 6.45) is 6.38. The van der Waals surface area contributed by atoms with Gasteiger partial charge in [-0.2, -0.15) is 9.40 Å². The number of piperazine rings is 1. The number of hydrogen-bond donors (Lipinski definition) is 0. The molecule has 0 aliphatic carbocycles. The van der Waals surface area contributed by atoms with E-state index in [1.54, 1.807) is 28.0 Å². The summed E-state index contributed by atoms with van der Waals surface area (Å²) in [4.78, 5) is 18.0. The second-order valence-corrected chi connectivity index (χ2v) is 7.63. The Labute approximate surface area is 140 Å². The van der Waals surface area contributed by atoms with Crippen LogP contribution in [0.15, 0.2) is 41.8 Å². The Morgan fingerprint density at radius 1 is 1.21 bits per heavy atom. The normalized spacial score (nSPS) is 16.3. The molecule has 0 saturated carbocycles. The average molecular weight is 349 g/mol. The van der Waals surface area contributed by atoms with Crippen LogP contribution in [0, 0.1) is 6.92 Å². The summed E-state index contributed by atoms with van der Waals surface area (Å²) in [5.74, 6) is -0.0588. The van der Waals surface area contributed by atoms with Crippen molar-refractivity contribution in [3.63, 3.8) is 0 Å². The van der Waals surface area contributed by atoms with Crippen molar-refractivity contribution < 1.29 is 13.2 Å². The standard InChI is InChI=1S/C15H19N5O3S/c1-13-9-17-19(11-13)12-15(21)18-5-7-20(8-6-18)24(22,23)14-3-2-4-16-10-14/h2-4,9-11H,5-8,12H2,1H3. The third-order valence-electron chi connectivity index (χ3n) is 3.92. The van der Waals surface area contributed by atoms with Crippen LogP contribution < -0.4 is 0 Å². The lowest BCUT2D eigenvalue weighted by molar-refractivity contribution is -0.133. The molecule has 9 heteroatoms. The molecule has 2 aromatic heterocycles. The van der Waals surface area contributed by atoms with Crippen molar-refractivity contribution in [1.82, 2.24) is 24.0 Å². The summed E-state index contributed by atoms with van der Waals surface area (Å²) in [7, 11) is -3.55. The molecule has 0 atom stereocenters. The zero-order valence-electron chi connectivity index (χ0n) is 13.4. The quantitative estimate of drug-likeness (QED) is 0.782. The molecule has 2 aromatic rings. The first-order chi connectivity index (χ1) is 11.5. The minimum absolute atomic E-state index is 0.0588. The molecular formula is C15H19N5O3S. The minimum atomic E-state index is -3.55. The molecule has 1 amide bonds. The first kappa shape index (κ1) is 16.6. The molecule has 1 saturated heterocycles. The molecule has 8 nitrogen and oxygen atoms in total. The van der Waals surface area contributed by atoms with Crippen molar-refractivity contribution in [2.75, 3.05) is 26.2 Å². The molecule has 128 valence electrons. The molecule has 1 fully saturated rings. The van der Waals surface area contributed by atoms with E-state index in [1.807, 2.05) is 6.92 Å². The summed E-state index contributed by atoms with van der Waals surface area (Å²) in [6, 6.07) is 3.12. The van der Waals surface area contributed by atoms with E-state index >= 15 is 0 Å². The van der Waals surface area contributed by atoms with Crippen molar-refractivity contribution in [2.45, 2.75) is 18.4 Å². The van der Waals surface area contributed by atoms with Crippen molar-refractivity contribution >= 4 is 15.9 Å². The zero-order chi connectivity index (χ0) is 17.2. The van der Waals surface area contributed by atoms with Crippen LogP contribution in [-0.2, 0) is 21.4 Å². The van der Waals surface area contributed by atoms with Crippen LogP contribution in [0.3, 0.4) is 0 Å². The van der Waals surface area contributed by atoms with Crippen LogP contribution in [0.2, 0.25) is 0 Å². The second-order valence-electron chi connectivity index (χ2n) is 5.69. The van der Waals surface area contributed by atoms with E-state index in [2.05, 4.69) is 10.1 Å². The van der Waals surface area contributed by atoms with Gasteiger partial charge in [0.05, 0.1) is 6.20 Å². The lowest BCUT2D eigenvalue weighted by Gasteiger charge is -2.33. The highest BCUT2D eigenvalue weighted by molar-refractivity contribution is 7.89. The number of aromatic nitrogens is 3. The van der Waals surface area contributed by atoms with Crippen LogP contribution in [0.4, 0.5) is 0 Å². The van der Waals surface area contributed by atoms with E-state index in [9.17, 15) is 13.2 Å². The molecular weight excluding hydrogens is 330 g/mol. The van der Waals surface area contributed by atoms with Gasteiger partial charge in [-0.15, -0.1) is 0 Å². The number of pyridine rings is 1. The van der Waals surface area contributed by atoms with Gasteiger partial charge in [-0.3, -0.25) is 14.5 Å². The Kier molecular flexibility index (Phi) is 4.63. The predicted octanol–water partition coefficient (Wildman–Crippen LogP) is 0.120. The van der Waals surface area contributed by atoms with Crippen LogP contribution in [0.5, 0.6) is 0 Å². The van der Waals surface area contributed by atoms with Gasteiger partial charge in [0.15, 0.2) is 0 Å². The molecule has 0 bridgehead atoms. The molecule has 0 aromatic carbocycles. The topological polar surface area (TPSA) is 88.4 Å². The number of nitrogens with zero attached hydrogens (tertiary/aromatic N) is 5. The maximum absolute atomic E-state index is 12.5. The number of amides is 1. The smallest absolute Gasteiger partial charge is 0.244 e. The Balaban J connectivity index is 1.60. The fourth-order valence-electron chi connectivity index (χ4n) is 2.62. The van der Waals surface area contributed by atoms with E-state index in [1.165, 1.54) is 22.8 Å². The first-order valence-electron chi connectivity index (χ1n) is 7.64. The van der Waals surface area contributed by atoms with Crippen molar-refractivity contribution in [3.8, 4) is 0 Å². The number of carbonyl (C=O) groups is 1. The van der Waals surface area contributed by atoms with Crippen LogP contribution >= 0.6 is 0 Å². The monoisotopic (exact) mass is 349 g/mol. The van der Waals surface area contributed by atoms with Gasteiger partial charge in [-0.05, 0) is 24.6 Å². The van der Waals surface area contributed by atoms with Crippen LogP contribution in [0.25, 0.3) is 0 Å². The largest absolute Gasteiger partial charge is 0.338 e. The lowest BCUT2D eigenvalue weighted by Crippen LogP contribution is -2.51. The number of carbonyl (C=O) groups excluding carboxylic acids is 1. The predicted molar refractivity (Wildman–Crippen MR) is 86.5 cm³/mol. The van der Waals surface area contributed by atoms with Crippen LogP contribution in [-0.4, -0.2) is 64.5 Å². The van der Waals surface area contributed by atoms with E-state index in [0.717, 1.165) is 5.56 Å². The summed E-state index contributed by atoms with van der Waals surface area (Å²) >= 11 is 0. The van der Waals surface area contributed by atoms with Gasteiger partial charge in [0.1, 0.15) is 11.4 Å². The number of rotatable bonds is 4. The van der Waals surface area contributed by atoms with E-state index in [-0.39, 0.29) is 30.4 Å². The lowest BCUT2D eigenvalue weighted by atomic mass is 10.3. The Morgan fingerprint density at radius 2 is 1.96 bits per heavy atom. The van der Waals surface area contributed by atoms with E-state index in [4.69, 9.17) is 0 Å². The van der Waals surface area contributed by atoms with Crippen LogP contribution in [0.1, 0.15) is 5.56 Å². The molecule has 1 aliphatic rings. The molecule has 24 heavy (non-hydrogen) atoms. The maximum Gasteiger partial charge on any atom is 0.244 e. The van der Waals surface area contributed by atoms with Crippen molar-refractivity contribution in [3.05, 3.63) is 42.5 Å². The minimum Gasteiger partial charge on any atom is -0.338 e. The second kappa shape index (κ2) is 6.70. The fourth-order valence-corrected chi connectivity index (χ4v) is 4.01. The highest BCUT2D eigenvalue weighted by Gasteiger charge is 2.30. The Morgan fingerprint density at radius 3 is 2.54 bits per heavy atom. The molecule has 0 spiro atoms. The Hall–Kier alpha value is -2.26. The summed E-state index contributed by atoms with van der Waals surface area (Å²) < 4.78 is 28.0. The summed E-state index contributed by atoms with van der Waals surface area (Å²) in [6.45, 7) is 3.39. The zero-order valence-corrected chi connectivity index (χ0v) is 14.2. The molecule has 0 N–H and O–H groups in total. The van der Waals surface area contributed by atoms with Gasteiger partial charge in [-0.25, -0.2) is 8.42 Å². The van der Waals surface area contributed by atoms with Gasteiger partial charge in [0, 0.05) is 44.8 Å². The molecule has 0 unspecified atom stereocenters. The van der Waals surface area contributed by atoms with Gasteiger partial charge < -0.3 is 4.90 Å². The van der Waals surface area contributed by atoms with Crippen molar-refractivity contribution in [1.29, 1.82) is 0 Å². The maximum atomic E-state index is 12.5. The van der Waals surface area contributed by atoms with Gasteiger partial charge in [-0.1, -0.05) is 0 Å². The molecule has 3 heterocycles. The average Bonchev–Trinajstić information content (AvgIpc) is 3.00.